The minimum atomic E-state index is 0.222. The maximum atomic E-state index is 3.38. The molecule has 0 aliphatic rings. The zero-order valence-corrected chi connectivity index (χ0v) is 18.7. The van der Waals surface area contributed by atoms with Crippen LogP contribution >= 0.6 is 23.5 Å². The molecule has 1 rings (SSSR count). The van der Waals surface area contributed by atoms with Gasteiger partial charge in [-0.1, -0.05) is 76.5 Å². The highest BCUT2D eigenvalue weighted by Crippen LogP contribution is 2.38. The van der Waals surface area contributed by atoms with Crippen molar-refractivity contribution in [2.75, 3.05) is 5.75 Å². The van der Waals surface area contributed by atoms with Gasteiger partial charge in [0.15, 0.2) is 0 Å². The second-order valence-electron chi connectivity index (χ2n) is 7.63. The van der Waals surface area contributed by atoms with Crippen molar-refractivity contribution < 1.29 is 0 Å². The third kappa shape index (κ3) is 9.47. The largest absolute Gasteiger partial charge is 0.119 e. The summed E-state index contributed by atoms with van der Waals surface area (Å²) in [6.07, 6.45) is 7.40. The molecule has 0 unspecified atom stereocenters. The van der Waals surface area contributed by atoms with Gasteiger partial charge in [-0.25, -0.2) is 0 Å². The van der Waals surface area contributed by atoms with E-state index in [1.54, 1.807) is 0 Å². The summed E-state index contributed by atoms with van der Waals surface area (Å²) in [5, 5.41) is 0. The summed E-state index contributed by atoms with van der Waals surface area (Å²) in [5.41, 5.74) is 5.03. The Morgan fingerprint density at radius 2 is 1.68 bits per heavy atom. The third-order valence-corrected chi connectivity index (χ3v) is 6.14. The van der Waals surface area contributed by atoms with E-state index >= 15 is 0 Å². The van der Waals surface area contributed by atoms with E-state index in [9.17, 15) is 0 Å². The molecule has 0 atom stereocenters. The molecule has 0 spiro atoms. The van der Waals surface area contributed by atoms with E-state index in [-0.39, 0.29) is 4.75 Å². The van der Waals surface area contributed by atoms with Crippen molar-refractivity contribution in [1.29, 1.82) is 0 Å². The van der Waals surface area contributed by atoms with E-state index in [0.717, 1.165) is 0 Å². The Hall–Kier alpha value is -0.780. The highest BCUT2D eigenvalue weighted by Gasteiger charge is 2.14. The van der Waals surface area contributed by atoms with E-state index in [1.165, 1.54) is 57.9 Å². The van der Waals surface area contributed by atoms with Gasteiger partial charge < -0.3 is 0 Å². The van der Waals surface area contributed by atoms with Gasteiger partial charge in [-0.05, 0) is 44.1 Å². The first kappa shape index (κ1) is 22.3. The first-order valence-corrected chi connectivity index (χ1v) is 11.1. The highest BCUT2D eigenvalue weighted by atomic mass is 32.2. The fraction of sp³-hybridized carbons (Fsp3) is 0.565. The number of thioether (sulfide) groups is 2. The van der Waals surface area contributed by atoms with Crippen LogP contribution in [0.4, 0.5) is 0 Å². The first-order chi connectivity index (χ1) is 11.7. The number of benzene rings is 1. The average molecular weight is 375 g/mol. The Morgan fingerprint density at radius 3 is 2.24 bits per heavy atom. The molecule has 0 radical (unpaired) electrons. The fourth-order valence-corrected chi connectivity index (χ4v) is 5.30. The lowest BCUT2D eigenvalue weighted by Gasteiger charge is -2.19. The molecule has 0 aromatic heterocycles. The van der Waals surface area contributed by atoms with E-state index in [4.69, 9.17) is 0 Å². The second kappa shape index (κ2) is 11.0. The minimum absolute atomic E-state index is 0.222. The highest BCUT2D eigenvalue weighted by molar-refractivity contribution is 8.22. The average Bonchev–Trinajstić information content (AvgIpc) is 2.47. The molecule has 0 fully saturated rings. The van der Waals surface area contributed by atoms with Crippen molar-refractivity contribution in [2.45, 2.75) is 78.9 Å². The van der Waals surface area contributed by atoms with Crippen molar-refractivity contribution in [3.63, 3.8) is 0 Å². The summed E-state index contributed by atoms with van der Waals surface area (Å²) in [6.45, 7) is 15.5. The maximum absolute atomic E-state index is 3.38. The monoisotopic (exact) mass is 374 g/mol. The maximum Gasteiger partial charge on any atom is 0.0490 e. The molecule has 0 amide bonds. The van der Waals surface area contributed by atoms with Crippen LogP contribution in [0, 0.1) is 32.6 Å². The normalized spacial score (nSPS) is 12.0. The summed E-state index contributed by atoms with van der Waals surface area (Å²) in [7, 11) is 0. The number of hydrogen-bond acceptors (Lipinski definition) is 2. The summed E-state index contributed by atoms with van der Waals surface area (Å²) in [5.74, 6) is 7.90. The van der Waals surface area contributed by atoms with Crippen LogP contribution in [-0.4, -0.2) is 10.5 Å². The predicted molar refractivity (Wildman–Crippen MR) is 120 cm³/mol. The van der Waals surface area contributed by atoms with Crippen LogP contribution in [0.25, 0.3) is 0 Å². The topological polar surface area (TPSA) is 0 Å². The van der Waals surface area contributed by atoms with Gasteiger partial charge in [0, 0.05) is 20.6 Å². The summed E-state index contributed by atoms with van der Waals surface area (Å²) in [4.78, 5) is 0. The van der Waals surface area contributed by atoms with Crippen LogP contribution in [0.2, 0.25) is 0 Å². The Bertz CT molecular complexity index is 613. The van der Waals surface area contributed by atoms with E-state index in [1.807, 2.05) is 23.5 Å². The van der Waals surface area contributed by atoms with Gasteiger partial charge >= 0.3 is 0 Å². The molecular formula is C23H34S2. The molecule has 1 aromatic carbocycles. The van der Waals surface area contributed by atoms with E-state index in [0.29, 0.717) is 0 Å². The van der Waals surface area contributed by atoms with Crippen molar-refractivity contribution in [3.05, 3.63) is 44.7 Å². The SMILES string of the molecule is CCCCCCS/C(=C\C#Cc1c(C)cc(C)cc1C)SC(C)(C)C. The lowest BCUT2D eigenvalue weighted by Crippen LogP contribution is -2.06. The fourth-order valence-electron chi connectivity index (χ4n) is 2.65. The molecule has 0 aliphatic heterocycles. The Kier molecular flexibility index (Phi) is 9.83. The van der Waals surface area contributed by atoms with Gasteiger partial charge in [-0.15, -0.1) is 23.5 Å². The van der Waals surface area contributed by atoms with Gasteiger partial charge in [-0.3, -0.25) is 0 Å². The Morgan fingerprint density at radius 1 is 1.04 bits per heavy atom. The molecule has 0 heterocycles. The lowest BCUT2D eigenvalue weighted by atomic mass is 10.0. The number of unbranched alkanes of at least 4 members (excludes halogenated alkanes) is 3. The lowest BCUT2D eigenvalue weighted by molar-refractivity contribution is 0.707. The smallest absolute Gasteiger partial charge is 0.0490 e. The molecule has 2 heteroatoms. The van der Waals surface area contributed by atoms with Crippen LogP contribution in [0.3, 0.4) is 0 Å². The Balaban J connectivity index is 2.85. The molecule has 138 valence electrons. The third-order valence-electron chi connectivity index (χ3n) is 3.71. The number of rotatable bonds is 7. The van der Waals surface area contributed by atoms with Crippen molar-refractivity contribution >= 4 is 23.5 Å². The van der Waals surface area contributed by atoms with Gasteiger partial charge in [0.2, 0.25) is 0 Å². The van der Waals surface area contributed by atoms with E-state index < -0.39 is 0 Å². The van der Waals surface area contributed by atoms with Gasteiger partial charge in [-0.2, -0.15) is 0 Å². The van der Waals surface area contributed by atoms with Crippen molar-refractivity contribution in [3.8, 4) is 11.8 Å². The molecule has 0 aliphatic carbocycles. The number of hydrogen-bond donors (Lipinski definition) is 0. The van der Waals surface area contributed by atoms with E-state index in [2.05, 4.69) is 78.5 Å². The summed E-state index contributed by atoms with van der Waals surface area (Å²) >= 11 is 3.90. The van der Waals surface area contributed by atoms with Gasteiger partial charge in [0.25, 0.3) is 0 Å². The zero-order chi connectivity index (χ0) is 18.9. The molecular weight excluding hydrogens is 340 g/mol. The molecule has 0 saturated heterocycles. The first-order valence-electron chi connectivity index (χ1n) is 9.34. The van der Waals surface area contributed by atoms with Crippen molar-refractivity contribution in [2.24, 2.45) is 0 Å². The number of aryl methyl sites for hydroxylation is 3. The standard InChI is InChI=1S/C23H34S2/c1-8-9-10-11-15-24-22(25-23(5,6)7)14-12-13-21-19(3)16-18(2)17-20(21)4/h14,16-17H,8-11,15H2,1-7H3/b22-14+. The molecule has 25 heavy (non-hydrogen) atoms. The van der Waals surface area contributed by atoms with Gasteiger partial charge in [0.05, 0.1) is 0 Å². The molecule has 0 bridgehead atoms. The van der Waals surface area contributed by atoms with Crippen LogP contribution in [0.15, 0.2) is 22.4 Å². The second-order valence-corrected chi connectivity index (χ2v) is 10.9. The number of allylic oxidation sites excluding steroid dienone is 1. The van der Waals surface area contributed by atoms with Gasteiger partial charge in [0.1, 0.15) is 0 Å². The van der Waals surface area contributed by atoms with Crippen molar-refractivity contribution in [1.82, 2.24) is 0 Å². The summed E-state index contributed by atoms with van der Waals surface area (Å²) < 4.78 is 1.57. The minimum Gasteiger partial charge on any atom is -0.119 e. The predicted octanol–water partition coefficient (Wildman–Crippen LogP) is 7.65. The molecule has 0 nitrogen and oxygen atoms in total. The molecule has 1 aromatic rings. The van der Waals surface area contributed by atoms with Crippen LogP contribution in [-0.2, 0) is 0 Å². The van der Waals surface area contributed by atoms with Crippen LogP contribution in [0.1, 0.15) is 75.6 Å². The quantitative estimate of drug-likeness (QED) is 0.355. The molecule has 0 N–H and O–H groups in total. The summed E-state index contributed by atoms with van der Waals surface area (Å²) in [6, 6.07) is 4.43. The van der Waals surface area contributed by atoms with Crippen LogP contribution < -0.4 is 0 Å². The Labute approximate surface area is 164 Å². The molecule has 0 saturated carbocycles. The zero-order valence-electron chi connectivity index (χ0n) is 17.1. The van der Waals surface area contributed by atoms with Crippen LogP contribution in [0.5, 0.6) is 0 Å².